The van der Waals surface area contributed by atoms with Crippen LogP contribution in [-0.2, 0) is 4.79 Å². The summed E-state index contributed by atoms with van der Waals surface area (Å²) >= 11 is 0. The Morgan fingerprint density at radius 2 is 2.50 bits per heavy atom. The van der Waals surface area contributed by atoms with Crippen molar-refractivity contribution in [3.63, 3.8) is 0 Å². The lowest BCUT2D eigenvalue weighted by Crippen LogP contribution is -2.31. The van der Waals surface area contributed by atoms with Gasteiger partial charge in [-0.2, -0.15) is 0 Å². The van der Waals surface area contributed by atoms with Crippen LogP contribution in [0.25, 0.3) is 0 Å². The second-order valence-corrected chi connectivity index (χ2v) is 4.24. The Labute approximate surface area is 94.7 Å². The number of aryl methyl sites for hydroxylation is 1. The predicted octanol–water partition coefficient (Wildman–Crippen LogP) is 0.0596. The van der Waals surface area contributed by atoms with Crippen molar-refractivity contribution in [1.82, 2.24) is 14.9 Å². The molecule has 1 aromatic heterocycles. The van der Waals surface area contributed by atoms with E-state index in [1.165, 1.54) is 0 Å². The molecule has 5 heteroatoms. The molecule has 1 saturated heterocycles. The lowest BCUT2D eigenvalue weighted by atomic mass is 10.1. The number of aromatic nitrogens is 2. The molecule has 0 aromatic carbocycles. The van der Waals surface area contributed by atoms with Crippen molar-refractivity contribution >= 4 is 5.91 Å². The van der Waals surface area contributed by atoms with Crippen LogP contribution in [-0.4, -0.2) is 40.4 Å². The Morgan fingerprint density at radius 3 is 3.19 bits per heavy atom. The molecule has 0 unspecified atom stereocenters. The van der Waals surface area contributed by atoms with Gasteiger partial charge in [0.15, 0.2) is 0 Å². The molecule has 2 N–H and O–H groups in total. The molecule has 1 atom stereocenters. The smallest absolute Gasteiger partial charge is 0.231 e. The third-order valence-electron chi connectivity index (χ3n) is 2.83. The van der Waals surface area contributed by atoms with Crippen LogP contribution in [0.1, 0.15) is 23.9 Å². The molecule has 2 rings (SSSR count). The molecule has 2 heterocycles. The standard InChI is InChI=1S/C11H16N4O/c1-8-2-4-13-11(14-8)9-3-5-15(6-9)7-10(12)16/h2,4,9H,3,5-7H2,1H3,(H2,12,16)/t9-/m0/s1. The SMILES string of the molecule is Cc1ccnc([C@H]2CCN(CC(N)=O)C2)n1. The topological polar surface area (TPSA) is 72.1 Å². The molecule has 5 nitrogen and oxygen atoms in total. The Hall–Kier alpha value is -1.49. The monoisotopic (exact) mass is 220 g/mol. The third-order valence-corrected chi connectivity index (χ3v) is 2.83. The van der Waals surface area contributed by atoms with E-state index in [4.69, 9.17) is 5.73 Å². The number of carbonyl (C=O) groups excluding carboxylic acids is 1. The van der Waals surface area contributed by atoms with Gasteiger partial charge in [0, 0.05) is 24.4 Å². The fourth-order valence-corrected chi connectivity index (χ4v) is 2.07. The molecule has 86 valence electrons. The maximum Gasteiger partial charge on any atom is 0.231 e. The van der Waals surface area contributed by atoms with E-state index < -0.39 is 0 Å². The highest BCUT2D eigenvalue weighted by Crippen LogP contribution is 2.23. The average molecular weight is 220 g/mol. The highest BCUT2D eigenvalue weighted by molar-refractivity contribution is 5.75. The number of hydrogen-bond donors (Lipinski definition) is 1. The Balaban J connectivity index is 2.00. The molecule has 0 aliphatic carbocycles. The van der Waals surface area contributed by atoms with Crippen molar-refractivity contribution in [3.05, 3.63) is 23.8 Å². The van der Waals surface area contributed by atoms with E-state index in [1.54, 1.807) is 6.20 Å². The Bertz CT molecular complexity index is 393. The summed E-state index contributed by atoms with van der Waals surface area (Å²) < 4.78 is 0. The first kappa shape index (κ1) is 11.0. The van der Waals surface area contributed by atoms with Crippen molar-refractivity contribution in [1.29, 1.82) is 0 Å². The zero-order valence-corrected chi connectivity index (χ0v) is 9.39. The fraction of sp³-hybridized carbons (Fsp3) is 0.545. The zero-order chi connectivity index (χ0) is 11.5. The van der Waals surface area contributed by atoms with Crippen molar-refractivity contribution in [3.8, 4) is 0 Å². The lowest BCUT2D eigenvalue weighted by molar-refractivity contribution is -0.118. The van der Waals surface area contributed by atoms with Crippen LogP contribution in [0.3, 0.4) is 0 Å². The highest BCUT2D eigenvalue weighted by Gasteiger charge is 2.26. The van der Waals surface area contributed by atoms with Gasteiger partial charge in [-0.3, -0.25) is 9.69 Å². The van der Waals surface area contributed by atoms with Gasteiger partial charge in [-0.1, -0.05) is 0 Å². The van der Waals surface area contributed by atoms with Crippen LogP contribution in [0.4, 0.5) is 0 Å². The van der Waals surface area contributed by atoms with Gasteiger partial charge >= 0.3 is 0 Å². The van der Waals surface area contributed by atoms with Crippen LogP contribution >= 0.6 is 0 Å². The number of nitrogens with two attached hydrogens (primary N) is 1. The average Bonchev–Trinajstić information content (AvgIpc) is 2.65. The molecule has 1 amide bonds. The molecular formula is C11H16N4O. The number of primary amides is 1. The van der Waals surface area contributed by atoms with Gasteiger partial charge in [0.1, 0.15) is 5.82 Å². The second kappa shape index (κ2) is 4.57. The number of hydrogen-bond acceptors (Lipinski definition) is 4. The molecule has 0 spiro atoms. The molecular weight excluding hydrogens is 204 g/mol. The summed E-state index contributed by atoms with van der Waals surface area (Å²) in [5.41, 5.74) is 6.15. The maximum absolute atomic E-state index is 10.8. The molecule has 1 aliphatic rings. The van der Waals surface area contributed by atoms with Crippen LogP contribution in [0.15, 0.2) is 12.3 Å². The van der Waals surface area contributed by atoms with Crippen LogP contribution in [0.5, 0.6) is 0 Å². The normalized spacial score (nSPS) is 21.2. The van der Waals surface area contributed by atoms with E-state index in [0.717, 1.165) is 31.0 Å². The van der Waals surface area contributed by atoms with Crippen LogP contribution < -0.4 is 5.73 Å². The van der Waals surface area contributed by atoms with Gasteiger partial charge < -0.3 is 5.73 Å². The summed E-state index contributed by atoms with van der Waals surface area (Å²) in [5.74, 6) is 0.942. The van der Waals surface area contributed by atoms with Crippen LogP contribution in [0.2, 0.25) is 0 Å². The van der Waals surface area contributed by atoms with E-state index in [-0.39, 0.29) is 5.91 Å². The minimum Gasteiger partial charge on any atom is -0.369 e. The molecule has 0 bridgehead atoms. The maximum atomic E-state index is 10.8. The molecule has 0 radical (unpaired) electrons. The summed E-state index contributed by atoms with van der Waals surface area (Å²) in [5, 5.41) is 0. The van der Waals surface area contributed by atoms with E-state index >= 15 is 0 Å². The quantitative estimate of drug-likeness (QED) is 0.781. The van der Waals surface area contributed by atoms with Crippen molar-refractivity contribution in [2.24, 2.45) is 5.73 Å². The van der Waals surface area contributed by atoms with E-state index in [2.05, 4.69) is 14.9 Å². The summed E-state index contributed by atoms with van der Waals surface area (Å²) in [6, 6.07) is 1.89. The summed E-state index contributed by atoms with van der Waals surface area (Å²) in [7, 11) is 0. The van der Waals surface area contributed by atoms with Crippen molar-refractivity contribution in [2.75, 3.05) is 19.6 Å². The minimum absolute atomic E-state index is 0.272. The number of amides is 1. The van der Waals surface area contributed by atoms with Gasteiger partial charge in [-0.25, -0.2) is 9.97 Å². The van der Waals surface area contributed by atoms with Gasteiger partial charge in [-0.05, 0) is 26.0 Å². The highest BCUT2D eigenvalue weighted by atomic mass is 16.1. The summed E-state index contributed by atoms with van der Waals surface area (Å²) in [4.78, 5) is 21.6. The largest absolute Gasteiger partial charge is 0.369 e. The first-order valence-electron chi connectivity index (χ1n) is 5.45. The van der Waals surface area contributed by atoms with Crippen molar-refractivity contribution in [2.45, 2.75) is 19.3 Å². The summed E-state index contributed by atoms with van der Waals surface area (Å²) in [6.07, 6.45) is 2.78. The number of nitrogens with zero attached hydrogens (tertiary/aromatic N) is 3. The van der Waals surface area contributed by atoms with E-state index in [1.807, 2.05) is 13.0 Å². The number of likely N-dealkylation sites (tertiary alicyclic amines) is 1. The first-order valence-corrected chi connectivity index (χ1v) is 5.45. The zero-order valence-electron chi connectivity index (χ0n) is 9.39. The second-order valence-electron chi connectivity index (χ2n) is 4.24. The lowest BCUT2D eigenvalue weighted by Gasteiger charge is -2.12. The molecule has 16 heavy (non-hydrogen) atoms. The number of rotatable bonds is 3. The Morgan fingerprint density at radius 1 is 1.69 bits per heavy atom. The Kier molecular flexibility index (Phi) is 3.14. The third kappa shape index (κ3) is 2.55. The van der Waals surface area contributed by atoms with Crippen LogP contribution in [0, 0.1) is 6.92 Å². The summed E-state index contributed by atoms with van der Waals surface area (Å²) in [6.45, 7) is 4.01. The molecule has 1 aliphatic heterocycles. The van der Waals surface area contributed by atoms with Crippen molar-refractivity contribution < 1.29 is 4.79 Å². The minimum atomic E-state index is -0.272. The molecule has 1 aromatic rings. The van der Waals surface area contributed by atoms with E-state index in [9.17, 15) is 4.79 Å². The first-order chi connectivity index (χ1) is 7.65. The van der Waals surface area contributed by atoms with Gasteiger partial charge in [0.2, 0.25) is 5.91 Å². The van der Waals surface area contributed by atoms with Gasteiger partial charge in [0.05, 0.1) is 6.54 Å². The van der Waals surface area contributed by atoms with Gasteiger partial charge in [0.25, 0.3) is 0 Å². The molecule has 0 saturated carbocycles. The fourth-order valence-electron chi connectivity index (χ4n) is 2.07. The molecule has 1 fully saturated rings. The van der Waals surface area contributed by atoms with Gasteiger partial charge in [-0.15, -0.1) is 0 Å². The van der Waals surface area contributed by atoms with E-state index in [0.29, 0.717) is 12.5 Å². The predicted molar refractivity (Wildman–Crippen MR) is 59.8 cm³/mol. The number of carbonyl (C=O) groups is 1.